The minimum atomic E-state index is 0.694. The summed E-state index contributed by atoms with van der Waals surface area (Å²) in [6.07, 6.45) is 4.08. The molecule has 2 heterocycles. The number of aromatic nitrogens is 4. The Labute approximate surface area is 610 Å². The summed E-state index contributed by atoms with van der Waals surface area (Å²) < 4.78 is 0. The number of hydrogen-bond donors (Lipinski definition) is 0. The van der Waals surface area contributed by atoms with E-state index in [1.165, 1.54) is 152 Å². The molecule has 2 aliphatic carbocycles. The Bertz CT molecular complexity index is 7410. The van der Waals surface area contributed by atoms with E-state index in [9.17, 15) is 0 Å². The summed E-state index contributed by atoms with van der Waals surface area (Å²) in [5.74, 6) is 1.40. The minimum absolute atomic E-state index is 0.694. The number of benzene rings is 19. The minimum Gasteiger partial charge on any atom is -0.236 e. The largest absolute Gasteiger partial charge is 0.236 e. The van der Waals surface area contributed by atoms with Crippen molar-refractivity contribution < 1.29 is 0 Å². The van der Waals surface area contributed by atoms with Crippen LogP contribution in [0, 0.1) is 0 Å². The zero-order chi connectivity index (χ0) is 69.2. The van der Waals surface area contributed by atoms with E-state index in [0.717, 1.165) is 78.1 Å². The molecule has 0 unspecified atom stereocenters. The first kappa shape index (κ1) is 58.6. The van der Waals surface area contributed by atoms with E-state index in [1.54, 1.807) is 0 Å². The first-order chi connectivity index (χ1) is 52.5. The molecule has 4 nitrogen and oxygen atoms in total. The number of fused-ring (bicyclic) bond motifs is 14. The Hall–Kier alpha value is -14.1. The van der Waals surface area contributed by atoms with E-state index in [4.69, 9.17) is 19.9 Å². The summed E-state index contributed by atoms with van der Waals surface area (Å²) in [4.78, 5) is 21.3. The van der Waals surface area contributed by atoms with Crippen molar-refractivity contribution in [3.05, 3.63) is 352 Å². The van der Waals surface area contributed by atoms with Gasteiger partial charge in [0.1, 0.15) is 0 Å². The van der Waals surface area contributed by atoms with Crippen molar-refractivity contribution in [1.29, 1.82) is 0 Å². The van der Waals surface area contributed by atoms with Crippen molar-refractivity contribution in [3.63, 3.8) is 0 Å². The first-order valence-corrected chi connectivity index (χ1v) is 36.5. The van der Waals surface area contributed by atoms with Crippen LogP contribution in [-0.4, -0.2) is 19.9 Å². The molecular weight excluding hydrogens is 1280 g/mol. The highest BCUT2D eigenvalue weighted by Gasteiger charge is 2.29. The molecule has 0 amide bonds. The third-order valence-electron chi connectivity index (χ3n) is 22.9. The highest BCUT2D eigenvalue weighted by molar-refractivity contribution is 6.26. The fraction of sp³-hybridized carbons (Fsp3) is 0. The van der Waals surface area contributed by atoms with Gasteiger partial charge in [0.05, 0.1) is 11.4 Å². The Morgan fingerprint density at radius 3 is 1.32 bits per heavy atom. The molecule has 0 atom stereocenters. The van der Waals surface area contributed by atoms with Gasteiger partial charge in [0.2, 0.25) is 0 Å². The highest BCUT2D eigenvalue weighted by Crippen LogP contribution is 2.53. The van der Waals surface area contributed by atoms with E-state index in [0.29, 0.717) is 11.6 Å². The summed E-state index contributed by atoms with van der Waals surface area (Å²) >= 11 is 0. The first-order valence-electron chi connectivity index (χ1n) is 36.5. The van der Waals surface area contributed by atoms with Crippen LogP contribution < -0.4 is 0 Å². The van der Waals surface area contributed by atoms with Gasteiger partial charge < -0.3 is 0 Å². The smallest absolute Gasteiger partial charge is 0.159 e. The van der Waals surface area contributed by atoms with Gasteiger partial charge in [-0.2, -0.15) is 0 Å². The van der Waals surface area contributed by atoms with Crippen molar-refractivity contribution in [2.24, 2.45) is 0 Å². The zero-order valence-corrected chi connectivity index (χ0v) is 57.3. The predicted molar refractivity (Wildman–Crippen MR) is 445 cm³/mol. The van der Waals surface area contributed by atoms with Gasteiger partial charge in [-0.25, -0.2) is 19.9 Å². The summed E-state index contributed by atoms with van der Waals surface area (Å²) in [6.45, 7) is 0. The molecule has 0 radical (unpaired) electrons. The third-order valence-corrected chi connectivity index (χ3v) is 22.9. The molecule has 21 aromatic rings. The van der Waals surface area contributed by atoms with Crippen LogP contribution >= 0.6 is 0 Å². The van der Waals surface area contributed by atoms with E-state index in [-0.39, 0.29) is 0 Å². The van der Waals surface area contributed by atoms with Gasteiger partial charge in [0.15, 0.2) is 11.6 Å². The predicted octanol–water partition coefficient (Wildman–Crippen LogP) is 27.4. The quantitative estimate of drug-likeness (QED) is 0.142. The second kappa shape index (κ2) is 22.7. The van der Waals surface area contributed by atoms with Gasteiger partial charge in [-0.3, -0.25) is 0 Å². The number of hydrogen-bond acceptors (Lipinski definition) is 4. The van der Waals surface area contributed by atoms with Gasteiger partial charge in [-0.15, -0.1) is 0 Å². The Kier molecular flexibility index (Phi) is 12.6. The molecule has 0 N–H and O–H groups in total. The fourth-order valence-corrected chi connectivity index (χ4v) is 18.1. The summed E-state index contributed by atoms with van der Waals surface area (Å²) in [6, 6.07) is 126. The van der Waals surface area contributed by atoms with Crippen LogP contribution in [0.4, 0.5) is 0 Å². The molecule has 0 saturated heterocycles. The zero-order valence-electron chi connectivity index (χ0n) is 57.3. The second-order valence-corrected chi connectivity index (χ2v) is 28.6. The fourth-order valence-electron chi connectivity index (χ4n) is 18.1. The van der Waals surface area contributed by atoms with Crippen molar-refractivity contribution in [1.82, 2.24) is 19.9 Å². The Balaban J connectivity index is 0.649. The van der Waals surface area contributed by atoms with Crippen molar-refractivity contribution >= 4 is 108 Å². The lowest BCUT2D eigenvalue weighted by atomic mass is 9.84. The lowest BCUT2D eigenvalue weighted by Crippen LogP contribution is -1.94. The normalized spacial score (nSPS) is 12.2. The Morgan fingerprint density at radius 2 is 0.594 bits per heavy atom. The van der Waals surface area contributed by atoms with Crippen LogP contribution in [-0.2, 0) is 0 Å². The maximum atomic E-state index is 5.56. The Morgan fingerprint density at radius 1 is 0.160 bits per heavy atom. The van der Waals surface area contributed by atoms with Crippen LogP contribution in [0.15, 0.2) is 352 Å². The SMILES string of the molecule is c1cc(-c2cc(-c3ccc4cccc(-c5ccc6c7c(cccc57)-c5cnc(-c7cccc(-c8c9ccccc9c(-c9cccc%10cc%11ccccc%11cc9%10)c9ccccc89)c7)nc5-6)c4c3)c3cc4ccccc4c(-c4ccc5ccccc5c4)c3c2)cc(-c2ncc3c(n2)-c2cccc4cccc-3c24)c1. The number of nitrogens with zero attached hydrogens (tertiary/aromatic N) is 4. The van der Waals surface area contributed by atoms with E-state index in [2.05, 4.69) is 346 Å². The van der Waals surface area contributed by atoms with Crippen LogP contribution in [0.3, 0.4) is 0 Å². The summed E-state index contributed by atoms with van der Waals surface area (Å²) in [7, 11) is 0. The van der Waals surface area contributed by atoms with Crippen molar-refractivity contribution in [2.75, 3.05) is 0 Å². The molecule has 2 aromatic heterocycles. The molecule has 4 heteroatoms. The van der Waals surface area contributed by atoms with Gasteiger partial charge in [0.25, 0.3) is 0 Å². The molecule has 0 fully saturated rings. The topological polar surface area (TPSA) is 51.6 Å². The molecule has 19 aromatic carbocycles. The average molecular weight is 1340 g/mol. The standard InChI is InChI=1S/C102H58N4/c1-2-19-62-49-70(45-42-59(62)18-1)95-74-31-6-5-22-67(74)54-90-89(55-73(56-91(90)95)64-26-11-29-71(50-64)101-103-57-92-83-38-14-24-61-25-15-41-85(94(61)83)99(92)105-101)68-44-43-60-23-13-36-75(87(60)53-68)76-46-47-86-98-77(76)39-17-40-84(98)93-58-104-102(106-100(86)93)72-30-12-28-69(51-72)96-78-32-7-9-34-80(78)97(81-35-10-8-33-79(81)96)82-37-16-27-66-48-63-20-3-4-21-65(63)52-88(66)82/h1-58H. The lowest BCUT2D eigenvalue weighted by molar-refractivity contribution is 1.19. The second-order valence-electron chi connectivity index (χ2n) is 28.6. The van der Waals surface area contributed by atoms with Gasteiger partial charge in [-0.1, -0.05) is 285 Å². The summed E-state index contributed by atoms with van der Waals surface area (Å²) in [5.41, 5.74) is 24.6. The van der Waals surface area contributed by atoms with E-state index in [1.807, 2.05) is 6.20 Å². The molecule has 0 saturated carbocycles. The average Bonchev–Trinajstić information content (AvgIpc) is 1.21. The van der Waals surface area contributed by atoms with Crippen LogP contribution in [0.1, 0.15) is 0 Å². The van der Waals surface area contributed by atoms with E-state index < -0.39 is 0 Å². The maximum absolute atomic E-state index is 5.56. The maximum Gasteiger partial charge on any atom is 0.159 e. The molecule has 0 aliphatic heterocycles. The summed E-state index contributed by atoms with van der Waals surface area (Å²) in [5, 5.41) is 24.2. The molecule has 0 bridgehead atoms. The molecule has 2 aliphatic rings. The van der Waals surface area contributed by atoms with Gasteiger partial charge >= 0.3 is 0 Å². The van der Waals surface area contributed by atoms with E-state index >= 15 is 0 Å². The molecular formula is C102H58N4. The van der Waals surface area contributed by atoms with Crippen molar-refractivity contribution in [2.45, 2.75) is 0 Å². The van der Waals surface area contributed by atoms with Crippen LogP contribution in [0.2, 0.25) is 0 Å². The highest BCUT2D eigenvalue weighted by atomic mass is 14.9. The molecule has 0 spiro atoms. The molecule has 106 heavy (non-hydrogen) atoms. The van der Waals surface area contributed by atoms with Crippen LogP contribution in [0.25, 0.3) is 242 Å². The number of rotatable bonds is 8. The van der Waals surface area contributed by atoms with Crippen molar-refractivity contribution in [3.8, 4) is 134 Å². The van der Waals surface area contributed by atoms with Gasteiger partial charge in [-0.05, 0) is 240 Å². The molecule has 23 rings (SSSR count). The van der Waals surface area contributed by atoms with Gasteiger partial charge in [0, 0.05) is 45.8 Å². The third kappa shape index (κ3) is 8.82. The monoisotopic (exact) mass is 1340 g/mol. The van der Waals surface area contributed by atoms with Crippen LogP contribution in [0.5, 0.6) is 0 Å². The molecule has 486 valence electrons. The lowest BCUT2D eigenvalue weighted by Gasteiger charge is -2.19.